The van der Waals surface area contributed by atoms with Crippen LogP contribution < -0.4 is 10.9 Å². The van der Waals surface area contributed by atoms with Crippen LogP contribution in [0, 0.1) is 19.8 Å². The zero-order valence-electron chi connectivity index (χ0n) is 21.2. The van der Waals surface area contributed by atoms with Crippen molar-refractivity contribution in [2.24, 2.45) is 5.92 Å². The van der Waals surface area contributed by atoms with Crippen LogP contribution >= 0.6 is 11.3 Å². The number of carboxylic acid groups (broad SMARTS) is 1. The largest absolute Gasteiger partial charge is 0.481 e. The Bertz CT molecular complexity index is 1300. The number of rotatable bonds is 10. The third-order valence-electron chi connectivity index (χ3n) is 6.58. The summed E-state index contributed by atoms with van der Waals surface area (Å²) in [5, 5.41) is 19.0. The molecule has 1 fully saturated rings. The van der Waals surface area contributed by atoms with Gasteiger partial charge in [-0.05, 0) is 78.8 Å². The van der Waals surface area contributed by atoms with Crippen LogP contribution in [0.5, 0.6) is 0 Å². The molecule has 1 aromatic carbocycles. The van der Waals surface area contributed by atoms with Crippen LogP contribution in [-0.2, 0) is 9.59 Å². The van der Waals surface area contributed by atoms with E-state index in [1.807, 2.05) is 31.4 Å². The number of nitrogens with zero attached hydrogens (tertiary/aromatic N) is 2. The number of amides is 1. The maximum absolute atomic E-state index is 13.6. The Balaban J connectivity index is 1.64. The van der Waals surface area contributed by atoms with E-state index in [1.54, 1.807) is 6.07 Å². The average Bonchev–Trinajstić information content (AvgIpc) is 3.54. The Kier molecular flexibility index (Phi) is 7.73. The van der Waals surface area contributed by atoms with E-state index in [2.05, 4.69) is 36.4 Å². The van der Waals surface area contributed by atoms with Gasteiger partial charge in [0.25, 0.3) is 5.56 Å². The Labute approximate surface area is 215 Å². The standard InChI is InChI=1S/C28H33N3O4S/c1-16(2)12-23(31-25(32)11-10-21(30-31)19-8-9-19)28(35)29-22(14-26(33)34)20-13-24(36-15-20)27-17(3)6-5-7-18(27)4/h5-7,10-11,13,15-16,19,22-23H,8-9,12,14H2,1-4H3,(H,29,35)(H,33,34)/t22-,23-/m1/s1. The number of aromatic nitrogens is 2. The van der Waals surface area contributed by atoms with Gasteiger partial charge in [-0.1, -0.05) is 32.0 Å². The summed E-state index contributed by atoms with van der Waals surface area (Å²) >= 11 is 1.53. The number of thiophene rings is 1. The molecule has 0 aliphatic heterocycles. The monoisotopic (exact) mass is 507 g/mol. The van der Waals surface area contributed by atoms with Gasteiger partial charge in [0.15, 0.2) is 0 Å². The van der Waals surface area contributed by atoms with E-state index in [9.17, 15) is 19.5 Å². The lowest BCUT2D eigenvalue weighted by Crippen LogP contribution is -2.41. The Morgan fingerprint density at radius 1 is 1.17 bits per heavy atom. The van der Waals surface area contributed by atoms with Crippen molar-refractivity contribution >= 4 is 23.2 Å². The van der Waals surface area contributed by atoms with E-state index in [-0.39, 0.29) is 17.9 Å². The summed E-state index contributed by atoms with van der Waals surface area (Å²) in [4.78, 5) is 39.1. The number of aryl methyl sites for hydroxylation is 2. The zero-order valence-corrected chi connectivity index (χ0v) is 22.0. The molecule has 2 heterocycles. The van der Waals surface area contributed by atoms with E-state index in [1.165, 1.54) is 22.1 Å². The average molecular weight is 508 g/mol. The first-order valence-corrected chi connectivity index (χ1v) is 13.3. The van der Waals surface area contributed by atoms with Gasteiger partial charge in [-0.15, -0.1) is 11.3 Å². The fourth-order valence-corrected chi connectivity index (χ4v) is 5.73. The molecule has 2 aromatic heterocycles. The quantitative estimate of drug-likeness (QED) is 0.383. The third kappa shape index (κ3) is 5.93. The minimum absolute atomic E-state index is 0.133. The first kappa shape index (κ1) is 25.8. The van der Waals surface area contributed by atoms with Gasteiger partial charge < -0.3 is 10.4 Å². The van der Waals surface area contributed by atoms with Gasteiger partial charge in [-0.2, -0.15) is 5.10 Å². The van der Waals surface area contributed by atoms with Crippen LogP contribution in [0.2, 0.25) is 0 Å². The van der Waals surface area contributed by atoms with Crippen molar-refractivity contribution in [3.63, 3.8) is 0 Å². The lowest BCUT2D eigenvalue weighted by atomic mass is 9.99. The van der Waals surface area contributed by atoms with Crippen molar-refractivity contribution in [1.29, 1.82) is 0 Å². The molecule has 1 amide bonds. The molecule has 2 N–H and O–H groups in total. The molecule has 3 aromatic rings. The number of benzene rings is 1. The second-order valence-electron chi connectivity index (χ2n) is 10.1. The molecule has 0 saturated heterocycles. The molecule has 7 nitrogen and oxygen atoms in total. The SMILES string of the molecule is Cc1cccc(C)c1-c1cc([C@@H](CC(=O)O)NC(=O)[C@@H](CC(C)C)n2nc(C3CC3)ccc2=O)cs1. The highest BCUT2D eigenvalue weighted by Gasteiger charge is 2.30. The Hall–Kier alpha value is -3.26. The fourth-order valence-electron chi connectivity index (χ4n) is 4.59. The lowest BCUT2D eigenvalue weighted by molar-refractivity contribution is -0.138. The van der Waals surface area contributed by atoms with Gasteiger partial charge in [-0.3, -0.25) is 14.4 Å². The number of carbonyl (C=O) groups is 2. The molecule has 1 aliphatic rings. The van der Waals surface area contributed by atoms with Crippen molar-refractivity contribution < 1.29 is 14.7 Å². The van der Waals surface area contributed by atoms with E-state index in [0.717, 1.165) is 45.7 Å². The Morgan fingerprint density at radius 3 is 2.47 bits per heavy atom. The Morgan fingerprint density at radius 2 is 1.86 bits per heavy atom. The molecule has 1 saturated carbocycles. The third-order valence-corrected chi connectivity index (χ3v) is 7.54. The molecule has 0 unspecified atom stereocenters. The van der Waals surface area contributed by atoms with Gasteiger partial charge in [0.05, 0.1) is 18.2 Å². The van der Waals surface area contributed by atoms with E-state index >= 15 is 0 Å². The second-order valence-corrected chi connectivity index (χ2v) is 11.0. The minimum Gasteiger partial charge on any atom is -0.481 e. The summed E-state index contributed by atoms with van der Waals surface area (Å²) in [6, 6.07) is 9.76. The number of aliphatic carboxylic acids is 1. The van der Waals surface area contributed by atoms with Crippen LogP contribution in [0.1, 0.15) is 79.9 Å². The number of carbonyl (C=O) groups excluding carboxylic acids is 1. The fraction of sp³-hybridized carbons (Fsp3) is 0.429. The molecule has 0 radical (unpaired) electrons. The van der Waals surface area contributed by atoms with Crippen LogP contribution in [0.3, 0.4) is 0 Å². The molecule has 190 valence electrons. The molecule has 1 aliphatic carbocycles. The molecule has 4 rings (SSSR count). The number of carboxylic acids is 1. The van der Waals surface area contributed by atoms with Gasteiger partial charge >= 0.3 is 5.97 Å². The van der Waals surface area contributed by atoms with E-state index < -0.39 is 24.0 Å². The van der Waals surface area contributed by atoms with Crippen LogP contribution in [0.15, 0.2) is 46.6 Å². The summed E-state index contributed by atoms with van der Waals surface area (Å²) < 4.78 is 1.29. The number of nitrogens with one attached hydrogen (secondary N) is 1. The highest BCUT2D eigenvalue weighted by Crippen LogP contribution is 2.39. The van der Waals surface area contributed by atoms with Crippen molar-refractivity contribution in [1.82, 2.24) is 15.1 Å². The summed E-state index contributed by atoms with van der Waals surface area (Å²) in [6.45, 7) is 8.07. The highest BCUT2D eigenvalue weighted by atomic mass is 32.1. The van der Waals surface area contributed by atoms with Gasteiger partial charge in [0.1, 0.15) is 6.04 Å². The van der Waals surface area contributed by atoms with E-state index in [4.69, 9.17) is 0 Å². The predicted octanol–water partition coefficient (Wildman–Crippen LogP) is 5.39. The molecule has 0 spiro atoms. The summed E-state index contributed by atoms with van der Waals surface area (Å²) in [5.41, 5.74) is 4.64. The molecule has 36 heavy (non-hydrogen) atoms. The van der Waals surface area contributed by atoms with Gasteiger partial charge in [0.2, 0.25) is 5.91 Å². The lowest BCUT2D eigenvalue weighted by Gasteiger charge is -2.24. The second kappa shape index (κ2) is 10.8. The zero-order chi connectivity index (χ0) is 26.0. The van der Waals surface area contributed by atoms with Crippen molar-refractivity contribution in [2.75, 3.05) is 0 Å². The van der Waals surface area contributed by atoms with E-state index in [0.29, 0.717) is 12.3 Å². The normalized spacial score (nSPS) is 15.0. The smallest absolute Gasteiger partial charge is 0.305 e. The first-order chi connectivity index (χ1) is 17.1. The molecule has 2 atom stereocenters. The summed E-state index contributed by atoms with van der Waals surface area (Å²) in [7, 11) is 0. The summed E-state index contributed by atoms with van der Waals surface area (Å²) in [5.74, 6) is -0.925. The van der Waals surface area contributed by atoms with Gasteiger partial charge in [-0.25, -0.2) is 4.68 Å². The maximum Gasteiger partial charge on any atom is 0.305 e. The highest BCUT2D eigenvalue weighted by molar-refractivity contribution is 7.13. The molecular formula is C28H33N3O4S. The summed E-state index contributed by atoms with van der Waals surface area (Å²) in [6.07, 6.45) is 2.24. The van der Waals surface area contributed by atoms with Crippen molar-refractivity contribution in [2.45, 2.75) is 71.4 Å². The van der Waals surface area contributed by atoms with Crippen molar-refractivity contribution in [3.8, 4) is 10.4 Å². The van der Waals surface area contributed by atoms with Crippen LogP contribution in [0.4, 0.5) is 0 Å². The topological polar surface area (TPSA) is 101 Å². The van der Waals surface area contributed by atoms with Crippen molar-refractivity contribution in [3.05, 3.63) is 74.5 Å². The van der Waals surface area contributed by atoms with Crippen LogP contribution in [0.25, 0.3) is 10.4 Å². The number of hydrogen-bond acceptors (Lipinski definition) is 5. The molecular weight excluding hydrogens is 474 g/mol. The van der Waals surface area contributed by atoms with Crippen LogP contribution in [-0.4, -0.2) is 26.8 Å². The maximum atomic E-state index is 13.6. The number of hydrogen-bond donors (Lipinski definition) is 2. The predicted molar refractivity (Wildman–Crippen MR) is 141 cm³/mol. The first-order valence-electron chi connectivity index (χ1n) is 12.4. The van der Waals surface area contributed by atoms with Gasteiger partial charge in [0, 0.05) is 16.9 Å². The molecule has 0 bridgehead atoms. The minimum atomic E-state index is -1.01. The molecule has 8 heteroatoms.